The maximum absolute atomic E-state index is 11.6. The van der Waals surface area contributed by atoms with Crippen molar-refractivity contribution < 1.29 is 31.4 Å². The van der Waals surface area contributed by atoms with Crippen molar-refractivity contribution in [3.63, 3.8) is 0 Å². The third-order valence-corrected chi connectivity index (χ3v) is 4.77. The van der Waals surface area contributed by atoms with Crippen LogP contribution in [0.3, 0.4) is 0 Å². The lowest BCUT2D eigenvalue weighted by Crippen LogP contribution is -3.00. The first kappa shape index (κ1) is 18.4. The Bertz CT molecular complexity index is 871. The van der Waals surface area contributed by atoms with E-state index in [0.29, 0.717) is 13.1 Å². The number of fused-ring (bicyclic) bond motifs is 1. The molecule has 0 amide bonds. The lowest BCUT2D eigenvalue weighted by Gasteiger charge is -2.27. The van der Waals surface area contributed by atoms with E-state index in [1.165, 1.54) is 0 Å². The fraction of sp³-hybridized carbons (Fsp3) is 0.190. The zero-order valence-electron chi connectivity index (χ0n) is 14.5. The van der Waals surface area contributed by atoms with Crippen LogP contribution in [0.25, 0.3) is 0 Å². The number of ether oxygens (including phenoxy) is 1. The fourth-order valence-corrected chi connectivity index (χ4v) is 3.44. The molecule has 26 heavy (non-hydrogen) atoms. The predicted octanol–water partition coefficient (Wildman–Crippen LogP) is -0.148. The van der Waals surface area contributed by atoms with Crippen LogP contribution in [0.2, 0.25) is 0 Å². The van der Waals surface area contributed by atoms with Gasteiger partial charge in [-0.05, 0) is 35.9 Å². The fourth-order valence-electron chi connectivity index (χ4n) is 3.44. The van der Waals surface area contributed by atoms with Crippen LogP contribution in [0.4, 0.5) is 5.82 Å². The van der Waals surface area contributed by atoms with Crippen LogP contribution in [-0.4, -0.2) is 12.2 Å². The SMILES string of the molecule is COc1ccc(C2(O)C[n+]3ccccc3N2Cc2ccccc2)cc1.[Br-]. The van der Waals surface area contributed by atoms with Gasteiger partial charge in [-0.1, -0.05) is 36.4 Å². The molecule has 4 rings (SSSR count). The van der Waals surface area contributed by atoms with Gasteiger partial charge in [-0.3, -0.25) is 0 Å². The summed E-state index contributed by atoms with van der Waals surface area (Å²) in [4.78, 5) is 2.06. The van der Waals surface area contributed by atoms with Gasteiger partial charge in [0.1, 0.15) is 12.3 Å². The van der Waals surface area contributed by atoms with Crippen molar-refractivity contribution in [2.75, 3.05) is 12.0 Å². The summed E-state index contributed by atoms with van der Waals surface area (Å²) in [7, 11) is 1.65. The first-order valence-electron chi connectivity index (χ1n) is 8.38. The van der Waals surface area contributed by atoms with E-state index in [1.807, 2.05) is 66.9 Å². The molecular weight excluding hydrogens is 392 g/mol. The molecule has 0 bridgehead atoms. The minimum Gasteiger partial charge on any atom is -1.00 e. The summed E-state index contributed by atoms with van der Waals surface area (Å²) in [6, 6.07) is 23.9. The maximum Gasteiger partial charge on any atom is 0.279 e. The van der Waals surface area contributed by atoms with Gasteiger partial charge in [0.25, 0.3) is 11.5 Å². The normalized spacial score (nSPS) is 18.2. The number of rotatable bonds is 4. The van der Waals surface area contributed by atoms with Crippen molar-refractivity contribution in [2.24, 2.45) is 0 Å². The topological polar surface area (TPSA) is 36.6 Å². The van der Waals surface area contributed by atoms with E-state index >= 15 is 0 Å². The molecule has 1 atom stereocenters. The van der Waals surface area contributed by atoms with Crippen LogP contribution in [0.5, 0.6) is 5.75 Å². The smallest absolute Gasteiger partial charge is 0.279 e. The molecule has 4 nitrogen and oxygen atoms in total. The highest BCUT2D eigenvalue weighted by atomic mass is 79.9. The Morgan fingerprint density at radius 3 is 2.38 bits per heavy atom. The molecule has 0 spiro atoms. The van der Waals surface area contributed by atoms with E-state index < -0.39 is 5.72 Å². The summed E-state index contributed by atoms with van der Waals surface area (Å²) >= 11 is 0. The third kappa shape index (κ3) is 3.20. The van der Waals surface area contributed by atoms with Gasteiger partial charge in [0, 0.05) is 11.6 Å². The second kappa shape index (κ2) is 7.48. The minimum atomic E-state index is -1.10. The van der Waals surface area contributed by atoms with Gasteiger partial charge in [0.15, 0.2) is 6.54 Å². The summed E-state index contributed by atoms with van der Waals surface area (Å²) in [5.74, 6) is 1.79. The Balaban J connectivity index is 0.00000196. The highest BCUT2D eigenvalue weighted by molar-refractivity contribution is 5.45. The molecule has 1 aliphatic heterocycles. The van der Waals surface area contributed by atoms with Gasteiger partial charge in [-0.2, -0.15) is 0 Å². The van der Waals surface area contributed by atoms with E-state index in [4.69, 9.17) is 4.74 Å². The summed E-state index contributed by atoms with van der Waals surface area (Å²) in [6.45, 7) is 1.12. The van der Waals surface area contributed by atoms with Crippen molar-refractivity contribution in [3.05, 3.63) is 90.1 Å². The summed E-state index contributed by atoms with van der Waals surface area (Å²) in [5, 5.41) is 11.6. The Morgan fingerprint density at radius 2 is 1.69 bits per heavy atom. The zero-order valence-corrected chi connectivity index (χ0v) is 16.1. The van der Waals surface area contributed by atoms with Crippen molar-refractivity contribution >= 4 is 5.82 Å². The number of nitrogens with zero attached hydrogens (tertiary/aromatic N) is 2. The van der Waals surface area contributed by atoms with Crippen LogP contribution in [0, 0.1) is 0 Å². The van der Waals surface area contributed by atoms with Gasteiger partial charge in [-0.15, -0.1) is 0 Å². The molecule has 1 unspecified atom stereocenters. The number of methoxy groups -OCH3 is 1. The van der Waals surface area contributed by atoms with Gasteiger partial charge in [0.05, 0.1) is 13.3 Å². The summed E-state index contributed by atoms with van der Waals surface area (Å²) in [6.07, 6.45) is 2.01. The van der Waals surface area contributed by atoms with Gasteiger partial charge in [0.2, 0.25) is 0 Å². The number of anilines is 1. The Hall–Kier alpha value is -2.37. The van der Waals surface area contributed by atoms with Crippen LogP contribution in [0.15, 0.2) is 79.0 Å². The van der Waals surface area contributed by atoms with Crippen LogP contribution in [0.1, 0.15) is 11.1 Å². The van der Waals surface area contributed by atoms with Crippen molar-refractivity contribution in [1.29, 1.82) is 0 Å². The lowest BCUT2D eigenvalue weighted by atomic mass is 10.0. The van der Waals surface area contributed by atoms with Crippen molar-refractivity contribution in [1.82, 2.24) is 0 Å². The minimum absolute atomic E-state index is 0. The molecule has 5 heteroatoms. The number of benzene rings is 2. The number of halogens is 1. The number of hydrogen-bond donors (Lipinski definition) is 1. The van der Waals surface area contributed by atoms with E-state index in [-0.39, 0.29) is 17.0 Å². The Labute approximate surface area is 164 Å². The zero-order chi connectivity index (χ0) is 17.3. The lowest BCUT2D eigenvalue weighted by molar-refractivity contribution is -0.683. The van der Waals surface area contributed by atoms with Gasteiger partial charge < -0.3 is 26.8 Å². The molecule has 3 aromatic rings. The highest BCUT2D eigenvalue weighted by Crippen LogP contribution is 2.36. The van der Waals surface area contributed by atoms with E-state index in [0.717, 1.165) is 22.7 Å². The molecular formula is C21H21BrN2O2. The molecule has 1 aliphatic rings. The number of pyridine rings is 1. The molecule has 2 heterocycles. The quantitative estimate of drug-likeness (QED) is 0.605. The molecule has 0 fully saturated rings. The van der Waals surface area contributed by atoms with Crippen molar-refractivity contribution in [2.45, 2.75) is 18.8 Å². The monoisotopic (exact) mass is 412 g/mol. The second-order valence-electron chi connectivity index (χ2n) is 6.30. The molecule has 1 aromatic heterocycles. The van der Waals surface area contributed by atoms with Crippen molar-refractivity contribution in [3.8, 4) is 5.75 Å². The standard InChI is InChI=1S/C21H21N2O2.BrH/c1-25-19-12-10-18(11-13-19)21(24)16-22-14-6-5-9-20(22)23(21)15-17-7-3-2-4-8-17;/h2-14,24H,15-16H2,1H3;1H/q+1;/p-1. The number of aliphatic hydroxyl groups is 1. The predicted molar refractivity (Wildman–Crippen MR) is 96.2 cm³/mol. The van der Waals surface area contributed by atoms with Crippen LogP contribution < -0.4 is 31.2 Å². The van der Waals surface area contributed by atoms with Crippen LogP contribution >= 0.6 is 0 Å². The summed E-state index contributed by atoms with van der Waals surface area (Å²) < 4.78 is 7.34. The van der Waals surface area contributed by atoms with E-state index in [2.05, 4.69) is 21.6 Å². The molecule has 0 saturated carbocycles. The van der Waals surface area contributed by atoms with E-state index in [1.54, 1.807) is 7.11 Å². The third-order valence-electron chi connectivity index (χ3n) is 4.77. The summed E-state index contributed by atoms with van der Waals surface area (Å²) in [5.41, 5.74) is 0.913. The molecule has 0 saturated heterocycles. The first-order chi connectivity index (χ1) is 12.2. The average molecular weight is 413 g/mol. The van der Waals surface area contributed by atoms with E-state index in [9.17, 15) is 5.11 Å². The Morgan fingerprint density at radius 1 is 1.00 bits per heavy atom. The molecule has 1 N–H and O–H groups in total. The molecule has 0 radical (unpaired) electrons. The first-order valence-corrected chi connectivity index (χ1v) is 8.38. The second-order valence-corrected chi connectivity index (χ2v) is 6.30. The average Bonchev–Trinajstić information content (AvgIpc) is 2.96. The van der Waals surface area contributed by atoms with Crippen LogP contribution in [-0.2, 0) is 18.8 Å². The molecule has 0 aliphatic carbocycles. The Kier molecular flexibility index (Phi) is 5.30. The highest BCUT2D eigenvalue weighted by Gasteiger charge is 2.51. The largest absolute Gasteiger partial charge is 1.00 e. The molecule has 2 aromatic carbocycles. The number of hydrogen-bond acceptors (Lipinski definition) is 3. The molecule has 134 valence electrons. The number of aromatic nitrogens is 1. The van der Waals surface area contributed by atoms with Gasteiger partial charge >= 0.3 is 0 Å². The maximum atomic E-state index is 11.6. The van der Waals surface area contributed by atoms with Gasteiger partial charge in [-0.25, -0.2) is 9.47 Å².